The highest BCUT2D eigenvalue weighted by atomic mass is 16.5. The van der Waals surface area contributed by atoms with Gasteiger partial charge in [0.25, 0.3) is 0 Å². The molecule has 1 aromatic rings. The van der Waals surface area contributed by atoms with E-state index in [-0.39, 0.29) is 18.1 Å². The molecule has 1 atom stereocenters. The summed E-state index contributed by atoms with van der Waals surface area (Å²) in [4.78, 5) is 0. The Kier molecular flexibility index (Phi) is 3.69. The highest BCUT2D eigenvalue weighted by molar-refractivity contribution is 5.37. The zero-order valence-electron chi connectivity index (χ0n) is 10.6. The SMILES string of the molecule is CNC(c1ccccc1OC)C1(CO)CCC1. The lowest BCUT2D eigenvalue weighted by Crippen LogP contribution is -2.44. The Hall–Kier alpha value is -1.06. The van der Waals surface area contributed by atoms with E-state index >= 15 is 0 Å². The number of methoxy groups -OCH3 is 1. The minimum Gasteiger partial charge on any atom is -0.496 e. The number of ether oxygens (including phenoxy) is 1. The van der Waals surface area contributed by atoms with Crippen LogP contribution in [0.2, 0.25) is 0 Å². The molecule has 0 amide bonds. The molecular weight excluding hydrogens is 214 g/mol. The van der Waals surface area contributed by atoms with E-state index in [1.807, 2.05) is 25.2 Å². The van der Waals surface area contributed by atoms with Crippen molar-refractivity contribution in [3.8, 4) is 5.75 Å². The third-order valence-electron chi connectivity index (χ3n) is 4.02. The van der Waals surface area contributed by atoms with Gasteiger partial charge in [-0.1, -0.05) is 24.6 Å². The molecule has 2 N–H and O–H groups in total. The molecule has 0 bridgehead atoms. The van der Waals surface area contributed by atoms with E-state index in [0.717, 1.165) is 24.2 Å². The minimum absolute atomic E-state index is 0.0105. The van der Waals surface area contributed by atoms with Crippen LogP contribution < -0.4 is 10.1 Å². The normalized spacial score (nSPS) is 19.5. The molecule has 0 heterocycles. The van der Waals surface area contributed by atoms with Gasteiger partial charge < -0.3 is 15.2 Å². The average Bonchev–Trinajstić information content (AvgIpc) is 2.33. The van der Waals surface area contributed by atoms with E-state index in [1.165, 1.54) is 6.42 Å². The Balaban J connectivity index is 2.34. The first-order valence-electron chi connectivity index (χ1n) is 6.18. The van der Waals surface area contributed by atoms with Gasteiger partial charge in [-0.15, -0.1) is 0 Å². The number of nitrogens with one attached hydrogen (secondary N) is 1. The first-order chi connectivity index (χ1) is 8.27. The first kappa shape index (κ1) is 12.4. The van der Waals surface area contributed by atoms with Crippen LogP contribution in [-0.2, 0) is 0 Å². The molecule has 1 aliphatic rings. The van der Waals surface area contributed by atoms with Gasteiger partial charge in [-0.3, -0.25) is 0 Å². The van der Waals surface area contributed by atoms with Gasteiger partial charge in [0.15, 0.2) is 0 Å². The Bertz CT molecular complexity index is 369. The maximum Gasteiger partial charge on any atom is 0.123 e. The second-order valence-corrected chi connectivity index (χ2v) is 4.84. The second kappa shape index (κ2) is 5.07. The van der Waals surface area contributed by atoms with Crippen molar-refractivity contribution in [2.45, 2.75) is 25.3 Å². The van der Waals surface area contributed by atoms with Crippen LogP contribution in [0.1, 0.15) is 30.9 Å². The number of rotatable bonds is 5. The summed E-state index contributed by atoms with van der Waals surface area (Å²) in [6.07, 6.45) is 3.36. The van der Waals surface area contributed by atoms with Crippen LogP contribution in [0, 0.1) is 5.41 Å². The molecule has 2 rings (SSSR count). The Morgan fingerprint density at radius 3 is 2.59 bits per heavy atom. The van der Waals surface area contributed by atoms with E-state index in [0.29, 0.717) is 0 Å². The zero-order valence-corrected chi connectivity index (χ0v) is 10.6. The van der Waals surface area contributed by atoms with Gasteiger partial charge in [-0.05, 0) is 26.0 Å². The standard InChI is InChI=1S/C14H21NO2/c1-15-13(14(10-16)8-5-9-14)11-6-3-4-7-12(11)17-2/h3-4,6-7,13,15-16H,5,8-10H2,1-2H3. The maximum absolute atomic E-state index is 9.68. The van der Waals surface area contributed by atoms with Gasteiger partial charge >= 0.3 is 0 Å². The van der Waals surface area contributed by atoms with Crippen LogP contribution in [0.25, 0.3) is 0 Å². The summed E-state index contributed by atoms with van der Waals surface area (Å²) in [7, 11) is 3.64. The fourth-order valence-electron chi connectivity index (χ4n) is 2.87. The van der Waals surface area contributed by atoms with E-state index in [9.17, 15) is 5.11 Å². The molecular formula is C14H21NO2. The van der Waals surface area contributed by atoms with Crippen molar-refractivity contribution in [3.63, 3.8) is 0 Å². The molecule has 1 aliphatic carbocycles. The molecule has 0 aliphatic heterocycles. The Morgan fingerprint density at radius 1 is 1.41 bits per heavy atom. The molecule has 1 aromatic carbocycles. The Morgan fingerprint density at radius 2 is 2.12 bits per heavy atom. The maximum atomic E-state index is 9.68. The summed E-state index contributed by atoms with van der Waals surface area (Å²) >= 11 is 0. The number of hydrogen-bond acceptors (Lipinski definition) is 3. The van der Waals surface area contributed by atoms with E-state index < -0.39 is 0 Å². The number of benzene rings is 1. The van der Waals surface area contributed by atoms with Gasteiger partial charge in [0.1, 0.15) is 5.75 Å². The lowest BCUT2D eigenvalue weighted by molar-refractivity contribution is 0.00714. The van der Waals surface area contributed by atoms with Gasteiger partial charge in [0.05, 0.1) is 13.7 Å². The minimum atomic E-state index is -0.0105. The lowest BCUT2D eigenvalue weighted by Gasteiger charge is -2.47. The van der Waals surface area contributed by atoms with E-state index in [2.05, 4.69) is 11.4 Å². The van der Waals surface area contributed by atoms with Crippen molar-refractivity contribution >= 4 is 0 Å². The van der Waals surface area contributed by atoms with Crippen LogP contribution in [-0.4, -0.2) is 25.9 Å². The summed E-state index contributed by atoms with van der Waals surface area (Å²) in [5, 5.41) is 13.0. The molecule has 3 heteroatoms. The van der Waals surface area contributed by atoms with E-state index in [1.54, 1.807) is 7.11 Å². The molecule has 17 heavy (non-hydrogen) atoms. The average molecular weight is 235 g/mol. The second-order valence-electron chi connectivity index (χ2n) is 4.84. The van der Waals surface area contributed by atoms with Crippen LogP contribution in [0.15, 0.2) is 24.3 Å². The fourth-order valence-corrected chi connectivity index (χ4v) is 2.87. The molecule has 0 radical (unpaired) electrons. The van der Waals surface area contributed by atoms with Gasteiger partial charge in [-0.25, -0.2) is 0 Å². The predicted molar refractivity (Wildman–Crippen MR) is 68.2 cm³/mol. The van der Waals surface area contributed by atoms with Crippen molar-refractivity contribution in [1.82, 2.24) is 5.32 Å². The van der Waals surface area contributed by atoms with E-state index in [4.69, 9.17) is 4.74 Å². The van der Waals surface area contributed by atoms with Crippen LogP contribution >= 0.6 is 0 Å². The van der Waals surface area contributed by atoms with Crippen molar-refractivity contribution in [1.29, 1.82) is 0 Å². The quantitative estimate of drug-likeness (QED) is 0.821. The van der Waals surface area contributed by atoms with Gasteiger partial charge in [0, 0.05) is 17.0 Å². The van der Waals surface area contributed by atoms with Crippen molar-refractivity contribution < 1.29 is 9.84 Å². The molecule has 0 spiro atoms. The summed E-state index contributed by atoms with van der Waals surface area (Å²) in [6, 6.07) is 8.21. The summed E-state index contributed by atoms with van der Waals surface area (Å²) < 4.78 is 5.41. The number of aliphatic hydroxyl groups is 1. The molecule has 1 saturated carbocycles. The molecule has 0 aromatic heterocycles. The van der Waals surface area contributed by atoms with Crippen molar-refractivity contribution in [3.05, 3.63) is 29.8 Å². The van der Waals surface area contributed by atoms with Gasteiger partial charge in [-0.2, -0.15) is 0 Å². The molecule has 94 valence electrons. The summed E-state index contributed by atoms with van der Waals surface area (Å²) in [6.45, 7) is 0.233. The van der Waals surface area contributed by atoms with Crippen molar-refractivity contribution in [2.24, 2.45) is 5.41 Å². The largest absolute Gasteiger partial charge is 0.496 e. The predicted octanol–water partition coefficient (Wildman–Crippen LogP) is 2.12. The molecule has 1 unspecified atom stereocenters. The fraction of sp³-hybridized carbons (Fsp3) is 0.571. The summed E-state index contributed by atoms with van der Waals surface area (Å²) in [5.41, 5.74) is 1.13. The molecule has 0 saturated heterocycles. The third-order valence-corrected chi connectivity index (χ3v) is 4.02. The van der Waals surface area contributed by atoms with Gasteiger partial charge in [0.2, 0.25) is 0 Å². The number of hydrogen-bond donors (Lipinski definition) is 2. The van der Waals surface area contributed by atoms with Crippen LogP contribution in [0.3, 0.4) is 0 Å². The lowest BCUT2D eigenvalue weighted by atomic mass is 9.63. The number of para-hydroxylation sites is 1. The topological polar surface area (TPSA) is 41.5 Å². The van der Waals surface area contributed by atoms with Crippen molar-refractivity contribution in [2.75, 3.05) is 20.8 Å². The molecule has 1 fully saturated rings. The monoisotopic (exact) mass is 235 g/mol. The Labute approximate surface area is 103 Å². The smallest absolute Gasteiger partial charge is 0.123 e. The highest BCUT2D eigenvalue weighted by Gasteiger charge is 2.44. The zero-order chi connectivity index (χ0) is 12.3. The first-order valence-corrected chi connectivity index (χ1v) is 6.18. The highest BCUT2D eigenvalue weighted by Crippen LogP contribution is 2.51. The summed E-state index contributed by atoms with van der Waals surface area (Å²) in [5.74, 6) is 0.895. The third kappa shape index (κ3) is 2.05. The van der Waals surface area contributed by atoms with Crippen LogP contribution in [0.5, 0.6) is 5.75 Å². The van der Waals surface area contributed by atoms with Crippen LogP contribution in [0.4, 0.5) is 0 Å². The number of aliphatic hydroxyl groups excluding tert-OH is 1. The molecule has 3 nitrogen and oxygen atoms in total.